The molecule has 1 unspecified atom stereocenters. The Balaban J connectivity index is 2.56. The van der Waals surface area contributed by atoms with E-state index in [0.29, 0.717) is 0 Å². The van der Waals surface area contributed by atoms with Crippen LogP contribution >= 0.6 is 0 Å². The molecule has 0 aromatic carbocycles. The number of nitrogens with zero attached hydrogens (tertiary/aromatic N) is 1. The summed E-state index contributed by atoms with van der Waals surface area (Å²) in [6.45, 7) is 0.720. The Morgan fingerprint density at radius 1 is 1.40 bits per heavy atom. The standard InChI is InChI=1S/C6H12NO2S/c1-10(8,9)6-4-2-3-5-7-6/h6H,2-5H2,1H3. The fourth-order valence-electron chi connectivity index (χ4n) is 1.11. The highest BCUT2D eigenvalue weighted by molar-refractivity contribution is 7.91. The Bertz CT molecular complexity index is 192. The molecule has 0 amide bonds. The zero-order chi connectivity index (χ0) is 7.61. The lowest BCUT2D eigenvalue weighted by atomic mass is 10.2. The first-order chi connectivity index (χ1) is 4.61. The average Bonchev–Trinajstić information content (AvgIpc) is 1.88. The average molecular weight is 162 g/mol. The second-order valence-electron chi connectivity index (χ2n) is 2.69. The lowest BCUT2D eigenvalue weighted by Gasteiger charge is -2.19. The van der Waals surface area contributed by atoms with Gasteiger partial charge in [-0.2, -0.15) is 0 Å². The van der Waals surface area contributed by atoms with Crippen molar-refractivity contribution >= 4 is 9.84 Å². The second kappa shape index (κ2) is 2.88. The van der Waals surface area contributed by atoms with Crippen LogP contribution in [0.1, 0.15) is 19.3 Å². The molecule has 1 atom stereocenters. The molecule has 1 rings (SSSR count). The third-order valence-corrected chi connectivity index (χ3v) is 3.06. The number of hydrogen-bond donors (Lipinski definition) is 0. The van der Waals surface area contributed by atoms with E-state index in [0.717, 1.165) is 25.8 Å². The van der Waals surface area contributed by atoms with Crippen LogP contribution < -0.4 is 5.32 Å². The molecule has 0 aromatic rings. The quantitative estimate of drug-likeness (QED) is 0.551. The van der Waals surface area contributed by atoms with Crippen LogP contribution in [0, 0.1) is 0 Å². The van der Waals surface area contributed by atoms with Crippen molar-refractivity contribution in [2.24, 2.45) is 0 Å². The third kappa shape index (κ3) is 1.95. The highest BCUT2D eigenvalue weighted by Gasteiger charge is 2.22. The van der Waals surface area contributed by atoms with Gasteiger partial charge in [0, 0.05) is 12.8 Å². The van der Waals surface area contributed by atoms with Crippen molar-refractivity contribution in [2.75, 3.05) is 12.8 Å². The van der Waals surface area contributed by atoms with E-state index in [4.69, 9.17) is 0 Å². The number of sulfone groups is 1. The Morgan fingerprint density at radius 3 is 2.40 bits per heavy atom. The van der Waals surface area contributed by atoms with Gasteiger partial charge in [-0.05, 0) is 19.3 Å². The molecule has 3 nitrogen and oxygen atoms in total. The van der Waals surface area contributed by atoms with Crippen molar-refractivity contribution < 1.29 is 8.42 Å². The first kappa shape index (κ1) is 8.01. The van der Waals surface area contributed by atoms with E-state index in [2.05, 4.69) is 5.32 Å². The molecule has 0 saturated carbocycles. The minimum Gasteiger partial charge on any atom is -0.227 e. The second-order valence-corrected chi connectivity index (χ2v) is 4.89. The first-order valence-electron chi connectivity index (χ1n) is 3.46. The van der Waals surface area contributed by atoms with Crippen molar-refractivity contribution in [2.45, 2.75) is 24.6 Å². The zero-order valence-corrected chi connectivity index (χ0v) is 6.89. The molecule has 10 heavy (non-hydrogen) atoms. The van der Waals surface area contributed by atoms with E-state index >= 15 is 0 Å². The van der Waals surface area contributed by atoms with Crippen LogP contribution in [0.4, 0.5) is 0 Å². The highest BCUT2D eigenvalue weighted by atomic mass is 32.2. The molecule has 4 heteroatoms. The van der Waals surface area contributed by atoms with Gasteiger partial charge in [-0.15, -0.1) is 0 Å². The maximum absolute atomic E-state index is 10.9. The SMILES string of the molecule is CS(=O)(=O)C1CCCC[N]1. The molecule has 1 heterocycles. The lowest BCUT2D eigenvalue weighted by Crippen LogP contribution is -2.34. The van der Waals surface area contributed by atoms with Gasteiger partial charge < -0.3 is 0 Å². The minimum atomic E-state index is -2.89. The van der Waals surface area contributed by atoms with E-state index in [-0.39, 0.29) is 0 Å². The van der Waals surface area contributed by atoms with Crippen LogP contribution in [0.2, 0.25) is 0 Å². The van der Waals surface area contributed by atoms with Crippen LogP contribution in [0.3, 0.4) is 0 Å². The molecule has 1 saturated heterocycles. The van der Waals surface area contributed by atoms with E-state index in [9.17, 15) is 8.42 Å². The van der Waals surface area contributed by atoms with Crippen LogP contribution in [0.5, 0.6) is 0 Å². The molecular formula is C6H12NO2S. The normalized spacial score (nSPS) is 28.3. The maximum atomic E-state index is 10.9. The van der Waals surface area contributed by atoms with Crippen molar-refractivity contribution in [1.29, 1.82) is 0 Å². The monoisotopic (exact) mass is 162 g/mol. The van der Waals surface area contributed by atoms with Gasteiger partial charge in [-0.25, -0.2) is 13.7 Å². The summed E-state index contributed by atoms with van der Waals surface area (Å²) in [4.78, 5) is 0. The van der Waals surface area contributed by atoms with Crippen LogP contribution in [-0.2, 0) is 9.84 Å². The van der Waals surface area contributed by atoms with Crippen molar-refractivity contribution in [3.8, 4) is 0 Å². The summed E-state index contributed by atoms with van der Waals surface area (Å²) in [6, 6.07) is 0. The number of hydrogen-bond acceptors (Lipinski definition) is 2. The molecule has 59 valence electrons. The zero-order valence-electron chi connectivity index (χ0n) is 6.08. The Hall–Kier alpha value is -0.0900. The maximum Gasteiger partial charge on any atom is 0.164 e. The third-order valence-electron chi connectivity index (χ3n) is 1.69. The van der Waals surface area contributed by atoms with Crippen molar-refractivity contribution in [1.82, 2.24) is 5.32 Å². The molecule has 0 bridgehead atoms. The summed E-state index contributed by atoms with van der Waals surface area (Å²) in [5, 5.41) is 3.61. The molecule has 0 N–H and O–H groups in total. The molecule has 1 aliphatic rings. The predicted octanol–water partition coefficient (Wildman–Crippen LogP) is 0.145. The van der Waals surface area contributed by atoms with Crippen molar-refractivity contribution in [3.05, 3.63) is 0 Å². The summed E-state index contributed by atoms with van der Waals surface area (Å²) in [5.74, 6) is 0. The summed E-state index contributed by atoms with van der Waals surface area (Å²) >= 11 is 0. The summed E-state index contributed by atoms with van der Waals surface area (Å²) < 4.78 is 21.8. The molecule has 1 radical (unpaired) electrons. The minimum absolute atomic E-state index is 0.402. The van der Waals surface area contributed by atoms with Crippen LogP contribution in [-0.4, -0.2) is 26.6 Å². The molecule has 1 aliphatic heterocycles. The van der Waals surface area contributed by atoms with Gasteiger partial charge in [0.2, 0.25) is 0 Å². The number of piperidine rings is 1. The Kier molecular flexibility index (Phi) is 2.31. The van der Waals surface area contributed by atoms with E-state index in [1.165, 1.54) is 6.26 Å². The van der Waals surface area contributed by atoms with E-state index in [1.54, 1.807) is 0 Å². The molecule has 0 aliphatic carbocycles. The smallest absolute Gasteiger partial charge is 0.164 e. The summed E-state index contributed by atoms with van der Waals surface area (Å²) in [7, 11) is -2.89. The van der Waals surface area contributed by atoms with Gasteiger partial charge in [0.1, 0.15) is 5.37 Å². The molecule has 0 spiro atoms. The van der Waals surface area contributed by atoms with Gasteiger partial charge in [0.15, 0.2) is 9.84 Å². The van der Waals surface area contributed by atoms with Gasteiger partial charge >= 0.3 is 0 Å². The fraction of sp³-hybridized carbons (Fsp3) is 1.00. The van der Waals surface area contributed by atoms with E-state index < -0.39 is 15.2 Å². The van der Waals surface area contributed by atoms with Crippen LogP contribution in [0.25, 0.3) is 0 Å². The molecular weight excluding hydrogens is 150 g/mol. The summed E-state index contributed by atoms with van der Waals surface area (Å²) in [6.07, 6.45) is 4.03. The molecule has 0 aromatic heterocycles. The molecule has 1 fully saturated rings. The predicted molar refractivity (Wildman–Crippen MR) is 39.5 cm³/mol. The fourth-order valence-corrected chi connectivity index (χ4v) is 2.08. The topological polar surface area (TPSA) is 48.2 Å². The highest BCUT2D eigenvalue weighted by Crippen LogP contribution is 2.12. The van der Waals surface area contributed by atoms with Crippen LogP contribution in [0.15, 0.2) is 0 Å². The number of rotatable bonds is 1. The lowest BCUT2D eigenvalue weighted by molar-refractivity contribution is 0.456. The van der Waals surface area contributed by atoms with Gasteiger partial charge in [-0.3, -0.25) is 0 Å². The van der Waals surface area contributed by atoms with Crippen molar-refractivity contribution in [3.63, 3.8) is 0 Å². The van der Waals surface area contributed by atoms with E-state index in [1.807, 2.05) is 0 Å². The van der Waals surface area contributed by atoms with Gasteiger partial charge in [0.05, 0.1) is 0 Å². The van der Waals surface area contributed by atoms with Gasteiger partial charge in [-0.1, -0.05) is 0 Å². The van der Waals surface area contributed by atoms with Gasteiger partial charge in [0.25, 0.3) is 0 Å². The Morgan fingerprint density at radius 2 is 2.10 bits per heavy atom. The Labute approximate surface area is 61.7 Å². The largest absolute Gasteiger partial charge is 0.227 e. The first-order valence-corrected chi connectivity index (χ1v) is 5.41. The summed E-state index contributed by atoms with van der Waals surface area (Å²) in [5.41, 5.74) is 0.